The van der Waals surface area contributed by atoms with Gasteiger partial charge in [-0.2, -0.15) is 0 Å². The lowest BCUT2D eigenvalue weighted by atomic mass is 10.0. The van der Waals surface area contributed by atoms with Gasteiger partial charge in [-0.15, -0.1) is 0 Å². The quantitative estimate of drug-likeness (QED) is 0.368. The predicted octanol–water partition coefficient (Wildman–Crippen LogP) is 6.66. The van der Waals surface area contributed by atoms with Gasteiger partial charge in [0.15, 0.2) is 0 Å². The van der Waals surface area contributed by atoms with E-state index in [-0.39, 0.29) is 0 Å². The molecule has 2 heteroatoms. The third-order valence-electron chi connectivity index (χ3n) is 5.37. The summed E-state index contributed by atoms with van der Waals surface area (Å²) >= 11 is 0. The van der Waals surface area contributed by atoms with Crippen LogP contribution in [0.2, 0.25) is 0 Å². The van der Waals surface area contributed by atoms with Crippen LogP contribution in [-0.4, -0.2) is 0 Å². The van der Waals surface area contributed by atoms with E-state index in [2.05, 4.69) is 91.1 Å². The molecule has 146 valence electrons. The molecule has 2 nitrogen and oxygen atoms in total. The van der Waals surface area contributed by atoms with Gasteiger partial charge in [-0.1, -0.05) is 97.9 Å². The fraction of sp³-hybridized carbons (Fsp3) is 0.185. The number of hydrogen-bond donors (Lipinski definition) is 1. The van der Waals surface area contributed by atoms with Gasteiger partial charge in [-0.25, -0.2) is 0 Å². The van der Waals surface area contributed by atoms with Gasteiger partial charge in [0, 0.05) is 18.2 Å². The van der Waals surface area contributed by atoms with Crippen molar-refractivity contribution in [2.45, 2.75) is 32.5 Å². The number of ether oxygens (including phenoxy) is 1. The van der Waals surface area contributed by atoms with Crippen LogP contribution in [0.5, 0.6) is 5.75 Å². The Bertz CT molecular complexity index is 1040. The van der Waals surface area contributed by atoms with Gasteiger partial charge in [0.05, 0.1) is 0 Å². The number of fused-ring (bicyclic) bond motifs is 1. The zero-order chi connectivity index (χ0) is 19.9. The van der Waals surface area contributed by atoms with Crippen LogP contribution < -0.4 is 10.1 Å². The first-order chi connectivity index (χ1) is 14.3. The molecule has 0 fully saturated rings. The zero-order valence-electron chi connectivity index (χ0n) is 16.8. The van der Waals surface area contributed by atoms with E-state index in [0.29, 0.717) is 12.6 Å². The second kappa shape index (κ2) is 9.40. The highest BCUT2D eigenvalue weighted by Gasteiger charge is 2.13. The molecule has 0 saturated carbocycles. The van der Waals surface area contributed by atoms with Crippen molar-refractivity contribution in [2.24, 2.45) is 0 Å². The van der Waals surface area contributed by atoms with Gasteiger partial charge in [-0.3, -0.25) is 0 Å². The van der Waals surface area contributed by atoms with E-state index in [9.17, 15) is 0 Å². The summed E-state index contributed by atoms with van der Waals surface area (Å²) in [5.74, 6) is 0.947. The third kappa shape index (κ3) is 4.67. The van der Waals surface area contributed by atoms with Crippen LogP contribution >= 0.6 is 0 Å². The molecule has 0 aliphatic rings. The smallest absolute Gasteiger partial charge is 0.124 e. The summed E-state index contributed by atoms with van der Waals surface area (Å²) in [7, 11) is 0. The standard InChI is InChI=1S/C27H27NO/c1-2-26(23-14-7-4-8-15-23)28-19-25-24-16-10-9-13-22(24)17-18-27(25)29-20-21-11-5-3-6-12-21/h3-18,26,28H,2,19-20H2,1H3. The molecular weight excluding hydrogens is 354 g/mol. The molecule has 0 bridgehead atoms. The zero-order valence-corrected chi connectivity index (χ0v) is 16.8. The van der Waals surface area contributed by atoms with Crippen LogP contribution in [0.1, 0.15) is 36.1 Å². The first-order valence-electron chi connectivity index (χ1n) is 10.3. The first-order valence-corrected chi connectivity index (χ1v) is 10.3. The largest absolute Gasteiger partial charge is 0.489 e. The summed E-state index contributed by atoms with van der Waals surface area (Å²) in [6.45, 7) is 3.56. The number of rotatable bonds is 8. The van der Waals surface area contributed by atoms with Crippen molar-refractivity contribution in [3.63, 3.8) is 0 Å². The Morgan fingerprint density at radius 2 is 1.45 bits per heavy atom. The second-order valence-corrected chi connectivity index (χ2v) is 7.29. The molecule has 4 aromatic carbocycles. The normalized spacial score (nSPS) is 12.0. The number of hydrogen-bond acceptors (Lipinski definition) is 2. The Hall–Kier alpha value is -3.10. The Balaban J connectivity index is 1.60. The maximum absolute atomic E-state index is 6.26. The van der Waals surface area contributed by atoms with Crippen molar-refractivity contribution in [3.05, 3.63) is 114 Å². The average molecular weight is 382 g/mol. The van der Waals surface area contributed by atoms with E-state index in [4.69, 9.17) is 4.74 Å². The molecule has 4 rings (SSSR count). The average Bonchev–Trinajstić information content (AvgIpc) is 2.80. The van der Waals surface area contributed by atoms with Crippen LogP contribution in [0.4, 0.5) is 0 Å². The topological polar surface area (TPSA) is 21.3 Å². The Kier molecular flexibility index (Phi) is 6.23. The molecule has 29 heavy (non-hydrogen) atoms. The summed E-state index contributed by atoms with van der Waals surface area (Å²) in [5.41, 5.74) is 3.71. The minimum Gasteiger partial charge on any atom is -0.489 e. The van der Waals surface area contributed by atoms with Crippen LogP contribution in [0.15, 0.2) is 97.1 Å². The number of benzene rings is 4. The molecule has 0 spiro atoms. The highest BCUT2D eigenvalue weighted by molar-refractivity contribution is 5.87. The molecule has 1 N–H and O–H groups in total. The van der Waals surface area contributed by atoms with Crippen molar-refractivity contribution < 1.29 is 4.74 Å². The van der Waals surface area contributed by atoms with Crippen molar-refractivity contribution in [1.29, 1.82) is 0 Å². The van der Waals surface area contributed by atoms with Gasteiger partial charge in [0.2, 0.25) is 0 Å². The molecule has 0 heterocycles. The second-order valence-electron chi connectivity index (χ2n) is 7.29. The summed E-state index contributed by atoms with van der Waals surface area (Å²) in [6, 6.07) is 34.1. The fourth-order valence-corrected chi connectivity index (χ4v) is 3.78. The Labute approximate surface area is 173 Å². The molecule has 4 aromatic rings. The first kappa shape index (κ1) is 19.2. The Morgan fingerprint density at radius 3 is 2.21 bits per heavy atom. The minimum atomic E-state index is 0.317. The van der Waals surface area contributed by atoms with Crippen LogP contribution in [-0.2, 0) is 13.2 Å². The summed E-state index contributed by atoms with van der Waals surface area (Å²) in [4.78, 5) is 0. The van der Waals surface area contributed by atoms with Crippen molar-refractivity contribution in [3.8, 4) is 5.75 Å². The molecular formula is C27H27NO. The van der Waals surface area contributed by atoms with E-state index in [1.165, 1.54) is 27.5 Å². The maximum atomic E-state index is 6.26. The van der Waals surface area contributed by atoms with Crippen molar-refractivity contribution in [1.82, 2.24) is 5.32 Å². The van der Waals surface area contributed by atoms with Crippen molar-refractivity contribution >= 4 is 10.8 Å². The lowest BCUT2D eigenvalue weighted by molar-refractivity contribution is 0.302. The van der Waals surface area contributed by atoms with E-state index < -0.39 is 0 Å². The number of nitrogens with one attached hydrogen (secondary N) is 1. The molecule has 0 aliphatic heterocycles. The van der Waals surface area contributed by atoms with Crippen LogP contribution in [0, 0.1) is 0 Å². The van der Waals surface area contributed by atoms with Gasteiger partial charge in [0.1, 0.15) is 12.4 Å². The Morgan fingerprint density at radius 1 is 0.759 bits per heavy atom. The minimum absolute atomic E-state index is 0.317. The van der Waals surface area contributed by atoms with E-state index in [1.54, 1.807) is 0 Å². The van der Waals surface area contributed by atoms with E-state index in [0.717, 1.165) is 18.7 Å². The van der Waals surface area contributed by atoms with Crippen LogP contribution in [0.25, 0.3) is 10.8 Å². The van der Waals surface area contributed by atoms with Crippen molar-refractivity contribution in [2.75, 3.05) is 0 Å². The summed E-state index contributed by atoms with van der Waals surface area (Å²) in [5, 5.41) is 6.24. The molecule has 0 saturated heterocycles. The highest BCUT2D eigenvalue weighted by Crippen LogP contribution is 2.30. The lowest BCUT2D eigenvalue weighted by Crippen LogP contribution is -2.20. The van der Waals surface area contributed by atoms with Gasteiger partial charge in [-0.05, 0) is 34.4 Å². The fourth-order valence-electron chi connectivity index (χ4n) is 3.78. The molecule has 0 amide bonds. The predicted molar refractivity (Wildman–Crippen MR) is 121 cm³/mol. The summed E-state index contributed by atoms with van der Waals surface area (Å²) < 4.78 is 6.26. The molecule has 0 aromatic heterocycles. The molecule has 0 radical (unpaired) electrons. The SMILES string of the molecule is CCC(NCc1c(OCc2ccccc2)ccc2ccccc12)c1ccccc1. The van der Waals surface area contributed by atoms with E-state index >= 15 is 0 Å². The highest BCUT2D eigenvalue weighted by atomic mass is 16.5. The molecule has 1 unspecified atom stereocenters. The monoisotopic (exact) mass is 381 g/mol. The third-order valence-corrected chi connectivity index (χ3v) is 5.37. The van der Waals surface area contributed by atoms with Gasteiger partial charge in [0.25, 0.3) is 0 Å². The molecule has 0 aliphatic carbocycles. The lowest BCUT2D eigenvalue weighted by Gasteiger charge is -2.20. The maximum Gasteiger partial charge on any atom is 0.124 e. The van der Waals surface area contributed by atoms with Gasteiger partial charge >= 0.3 is 0 Å². The molecule has 1 atom stereocenters. The van der Waals surface area contributed by atoms with Gasteiger partial charge < -0.3 is 10.1 Å². The van der Waals surface area contributed by atoms with Crippen LogP contribution in [0.3, 0.4) is 0 Å². The summed E-state index contributed by atoms with van der Waals surface area (Å²) in [6.07, 6.45) is 1.04. The van der Waals surface area contributed by atoms with E-state index in [1.807, 2.05) is 18.2 Å².